The van der Waals surface area contributed by atoms with Crippen LogP contribution in [0.1, 0.15) is 23.1 Å². The molecule has 0 bridgehead atoms. The maximum atomic E-state index is 6.73. The van der Waals surface area contributed by atoms with Gasteiger partial charge in [0.15, 0.2) is 0 Å². The number of nitrogens with zero attached hydrogens (tertiary/aromatic N) is 5. The Labute approximate surface area is 246 Å². The molecule has 6 heteroatoms. The summed E-state index contributed by atoms with van der Waals surface area (Å²) >= 11 is 0. The van der Waals surface area contributed by atoms with Crippen LogP contribution in [0.3, 0.4) is 0 Å². The first-order valence-electron chi connectivity index (χ1n) is 14.2. The van der Waals surface area contributed by atoms with Crippen molar-refractivity contribution in [2.45, 2.75) is 6.17 Å². The molecule has 0 amide bonds. The van der Waals surface area contributed by atoms with E-state index in [0.29, 0.717) is 17.4 Å². The summed E-state index contributed by atoms with van der Waals surface area (Å²) in [6.45, 7) is 0. The Hall–Kier alpha value is -5.88. The van der Waals surface area contributed by atoms with E-state index >= 15 is 0 Å². The summed E-state index contributed by atoms with van der Waals surface area (Å²) in [7, 11) is 0. The van der Waals surface area contributed by atoms with Crippen molar-refractivity contribution in [3.05, 3.63) is 150 Å². The first kappa shape index (κ1) is 23.8. The van der Waals surface area contributed by atoms with Gasteiger partial charge in [0.05, 0.1) is 23.4 Å². The second-order valence-electron chi connectivity index (χ2n) is 10.6. The highest BCUT2D eigenvalue weighted by molar-refractivity contribution is 6.36. The van der Waals surface area contributed by atoms with Gasteiger partial charge in [-0.25, -0.2) is 0 Å². The number of hydrogen-bond acceptors (Lipinski definition) is 5. The quantitative estimate of drug-likeness (QED) is 0.205. The van der Waals surface area contributed by atoms with Crippen LogP contribution in [0.15, 0.2) is 142 Å². The molecule has 0 radical (unpaired) electrons. The van der Waals surface area contributed by atoms with Crippen LogP contribution in [0, 0.1) is 0 Å². The molecular formula is C37H22N5O-. The molecule has 1 unspecified atom stereocenters. The number of aliphatic imine (C=N–C) groups is 2. The zero-order chi connectivity index (χ0) is 28.3. The molecule has 1 atom stereocenters. The predicted octanol–water partition coefficient (Wildman–Crippen LogP) is 9.12. The lowest BCUT2D eigenvalue weighted by Crippen LogP contribution is -2.17. The third kappa shape index (κ3) is 3.66. The molecule has 1 aliphatic rings. The van der Waals surface area contributed by atoms with Crippen molar-refractivity contribution in [3.63, 3.8) is 0 Å². The lowest BCUT2D eigenvalue weighted by Gasteiger charge is -2.32. The molecule has 3 aromatic heterocycles. The maximum absolute atomic E-state index is 6.73. The summed E-state index contributed by atoms with van der Waals surface area (Å²) in [5, 5.41) is 14.0. The Bertz CT molecular complexity index is 2430. The van der Waals surface area contributed by atoms with Gasteiger partial charge in [-0.1, -0.05) is 84.7 Å². The van der Waals surface area contributed by atoms with E-state index < -0.39 is 6.17 Å². The number of rotatable bonds is 3. The van der Waals surface area contributed by atoms with Crippen LogP contribution in [-0.4, -0.2) is 21.6 Å². The highest BCUT2D eigenvalue weighted by atomic mass is 16.3. The van der Waals surface area contributed by atoms with Gasteiger partial charge < -0.3 is 14.7 Å². The number of pyridine rings is 2. The molecule has 0 fully saturated rings. The number of hydrogen-bond donors (Lipinski definition) is 0. The van der Waals surface area contributed by atoms with Crippen LogP contribution < -0.4 is 0 Å². The minimum Gasteiger partial charge on any atom is -0.455 e. The molecule has 0 aliphatic carbocycles. The van der Waals surface area contributed by atoms with E-state index in [9.17, 15) is 0 Å². The fourth-order valence-electron chi connectivity index (χ4n) is 6.27. The van der Waals surface area contributed by atoms with Gasteiger partial charge >= 0.3 is 0 Å². The van der Waals surface area contributed by atoms with Crippen molar-refractivity contribution in [1.82, 2.24) is 9.97 Å². The average Bonchev–Trinajstić information content (AvgIpc) is 3.48. The molecule has 9 rings (SSSR count). The van der Waals surface area contributed by atoms with Crippen LogP contribution in [0.2, 0.25) is 0 Å². The van der Waals surface area contributed by atoms with Gasteiger partial charge in [0.1, 0.15) is 11.2 Å². The summed E-state index contributed by atoms with van der Waals surface area (Å²) in [6, 6.07) is 39.0. The molecule has 5 aromatic carbocycles. The van der Waals surface area contributed by atoms with Gasteiger partial charge in [0.25, 0.3) is 0 Å². The third-order valence-electron chi connectivity index (χ3n) is 8.14. The van der Waals surface area contributed by atoms with E-state index in [1.165, 1.54) is 10.8 Å². The van der Waals surface area contributed by atoms with E-state index in [1.54, 1.807) is 12.4 Å². The van der Waals surface area contributed by atoms with Gasteiger partial charge in [0.2, 0.25) is 0 Å². The van der Waals surface area contributed by atoms with E-state index in [4.69, 9.17) is 19.7 Å². The zero-order valence-electron chi connectivity index (χ0n) is 22.8. The molecule has 0 N–H and O–H groups in total. The highest BCUT2D eigenvalue weighted by Gasteiger charge is 2.22. The van der Waals surface area contributed by atoms with Gasteiger partial charge in [0, 0.05) is 28.6 Å². The maximum Gasteiger partial charge on any atom is 0.144 e. The molecule has 43 heavy (non-hydrogen) atoms. The molecule has 0 saturated carbocycles. The number of furan rings is 1. The summed E-state index contributed by atoms with van der Waals surface area (Å²) in [5.74, 6) is 1.09. The van der Waals surface area contributed by atoms with Crippen molar-refractivity contribution in [1.29, 1.82) is 0 Å². The van der Waals surface area contributed by atoms with E-state index in [2.05, 4.69) is 70.6 Å². The molecule has 1 aliphatic heterocycles. The second kappa shape index (κ2) is 9.33. The van der Waals surface area contributed by atoms with Crippen molar-refractivity contribution in [3.8, 4) is 0 Å². The normalized spacial score (nSPS) is 15.2. The lowest BCUT2D eigenvalue weighted by atomic mass is 9.90. The largest absolute Gasteiger partial charge is 0.455 e. The minimum absolute atomic E-state index is 0.519. The number of fused-ring (bicyclic) bond motifs is 10. The number of benzene rings is 5. The van der Waals surface area contributed by atoms with Crippen molar-refractivity contribution >= 4 is 65.9 Å². The Morgan fingerprint density at radius 2 is 1.23 bits per heavy atom. The van der Waals surface area contributed by atoms with Crippen LogP contribution >= 0.6 is 0 Å². The van der Waals surface area contributed by atoms with Crippen LogP contribution in [0.4, 0.5) is 0 Å². The number of aromatic nitrogens is 2. The minimum atomic E-state index is -0.567. The summed E-state index contributed by atoms with van der Waals surface area (Å²) < 4.78 is 6.73. The molecule has 202 valence electrons. The predicted molar refractivity (Wildman–Crippen MR) is 174 cm³/mol. The van der Waals surface area contributed by atoms with Gasteiger partial charge in [-0.05, 0) is 68.9 Å². The van der Waals surface area contributed by atoms with E-state index in [-0.39, 0.29) is 0 Å². The monoisotopic (exact) mass is 552 g/mol. The van der Waals surface area contributed by atoms with E-state index in [0.717, 1.165) is 54.7 Å². The Morgan fingerprint density at radius 1 is 0.581 bits per heavy atom. The highest BCUT2D eigenvalue weighted by Crippen LogP contribution is 2.44. The molecule has 0 spiro atoms. The molecule has 6 nitrogen and oxygen atoms in total. The topological polar surface area (TPSA) is 77.7 Å². The smallest absolute Gasteiger partial charge is 0.144 e. The summed E-state index contributed by atoms with van der Waals surface area (Å²) in [5.41, 5.74) is 3.96. The van der Waals surface area contributed by atoms with Crippen molar-refractivity contribution in [2.75, 3.05) is 0 Å². The molecule has 0 saturated heterocycles. The number of amidine groups is 2. The van der Waals surface area contributed by atoms with Crippen molar-refractivity contribution < 1.29 is 4.42 Å². The first-order chi connectivity index (χ1) is 21.3. The zero-order valence-corrected chi connectivity index (χ0v) is 22.8. The fourth-order valence-corrected chi connectivity index (χ4v) is 6.27. The Balaban J connectivity index is 1.42. The Kier molecular flexibility index (Phi) is 5.16. The number of para-hydroxylation sites is 1. The second-order valence-corrected chi connectivity index (χ2v) is 10.6. The third-order valence-corrected chi connectivity index (χ3v) is 8.14. The van der Waals surface area contributed by atoms with Gasteiger partial charge in [-0.15, -0.1) is 0 Å². The van der Waals surface area contributed by atoms with Gasteiger partial charge in [-0.3, -0.25) is 15.0 Å². The standard InChI is InChI=1S/C37H22N5O/c1-2-13-24-22(11-1)23-12-3-4-14-25(23)32-27(24)21-28(33-26-15-5-6-18-31(26)43-34(32)33)35-40-36(29-16-7-9-19-38-29)42-37(41-35)30-17-8-10-20-39-30/h1-21,36H/q-1. The summed E-state index contributed by atoms with van der Waals surface area (Å²) in [6.07, 6.45) is 2.95. The molecule has 8 aromatic rings. The molecular weight excluding hydrogens is 530 g/mol. The Morgan fingerprint density at radius 3 is 1.98 bits per heavy atom. The van der Waals surface area contributed by atoms with Crippen LogP contribution in [0.5, 0.6) is 0 Å². The average molecular weight is 553 g/mol. The SMILES string of the molecule is c1ccc(C2=NC(c3ccccn3)[N-]C(c3cc4c5ccccc5c5ccccc5c4c4oc5ccccc5c34)=N2)nc1. The first-order valence-corrected chi connectivity index (χ1v) is 14.2. The summed E-state index contributed by atoms with van der Waals surface area (Å²) in [4.78, 5) is 19.1. The van der Waals surface area contributed by atoms with E-state index in [1.807, 2.05) is 54.6 Å². The molecule has 4 heterocycles. The van der Waals surface area contributed by atoms with Crippen molar-refractivity contribution in [2.24, 2.45) is 9.98 Å². The van der Waals surface area contributed by atoms with Crippen LogP contribution in [-0.2, 0) is 0 Å². The lowest BCUT2D eigenvalue weighted by molar-refractivity contribution is 0.673. The van der Waals surface area contributed by atoms with Crippen LogP contribution in [0.25, 0.3) is 59.6 Å². The van der Waals surface area contributed by atoms with Gasteiger partial charge in [-0.2, -0.15) is 0 Å². The fraction of sp³-hybridized carbons (Fsp3) is 0.0270.